The summed E-state index contributed by atoms with van der Waals surface area (Å²) < 4.78 is 15.5. The summed E-state index contributed by atoms with van der Waals surface area (Å²) in [5, 5.41) is 7.61. The van der Waals surface area contributed by atoms with Crippen molar-refractivity contribution < 1.29 is 9.18 Å². The molecule has 0 atom stereocenters. The molecule has 2 aromatic heterocycles. The fourth-order valence-corrected chi connectivity index (χ4v) is 3.76. The molecule has 2 heterocycles. The monoisotopic (exact) mass is 394 g/mol. The Morgan fingerprint density at radius 2 is 1.86 bits per heavy atom. The van der Waals surface area contributed by atoms with E-state index in [4.69, 9.17) is 0 Å². The van der Waals surface area contributed by atoms with Gasteiger partial charge in [-0.05, 0) is 19.1 Å². The first-order valence-corrected chi connectivity index (χ1v) is 9.32. The number of para-hydroxylation sites is 1. The predicted octanol–water partition coefficient (Wildman–Crippen LogP) is 3.61. The van der Waals surface area contributed by atoms with Crippen LogP contribution in [0, 0.1) is 12.7 Å². The second kappa shape index (κ2) is 7.32. The van der Waals surface area contributed by atoms with Gasteiger partial charge in [0.15, 0.2) is 5.52 Å². The van der Waals surface area contributed by atoms with E-state index >= 15 is 0 Å². The highest BCUT2D eigenvalue weighted by Crippen LogP contribution is 2.29. The third kappa shape index (κ3) is 3.41. The summed E-state index contributed by atoms with van der Waals surface area (Å²) in [5.74, 6) is -1.10. The van der Waals surface area contributed by atoms with Gasteiger partial charge in [0.2, 0.25) is 5.91 Å². The maximum atomic E-state index is 13.8. The molecule has 0 aliphatic heterocycles. The number of fused-ring (bicyclic) bond motifs is 1. The van der Waals surface area contributed by atoms with E-state index in [-0.39, 0.29) is 17.7 Å². The Balaban J connectivity index is 1.75. The molecule has 6 nitrogen and oxygen atoms in total. The molecular formula is C20H15FN4O2S. The normalized spacial score (nSPS) is 10.9. The summed E-state index contributed by atoms with van der Waals surface area (Å²) >= 11 is 1.38. The first kappa shape index (κ1) is 18.0. The van der Waals surface area contributed by atoms with Gasteiger partial charge in [-0.2, -0.15) is 5.10 Å². The number of aryl methyl sites for hydroxylation is 1. The van der Waals surface area contributed by atoms with E-state index in [0.29, 0.717) is 10.4 Å². The van der Waals surface area contributed by atoms with Crippen molar-refractivity contribution in [3.8, 4) is 11.3 Å². The highest BCUT2D eigenvalue weighted by atomic mass is 32.1. The zero-order valence-electron chi connectivity index (χ0n) is 14.8. The van der Waals surface area contributed by atoms with Gasteiger partial charge in [0, 0.05) is 5.56 Å². The van der Waals surface area contributed by atoms with Crippen LogP contribution in [0.25, 0.3) is 21.5 Å². The number of halogens is 1. The molecular weight excluding hydrogens is 379 g/mol. The van der Waals surface area contributed by atoms with E-state index in [1.807, 2.05) is 37.3 Å². The lowest BCUT2D eigenvalue weighted by Crippen LogP contribution is -2.30. The van der Waals surface area contributed by atoms with Gasteiger partial charge in [0.1, 0.15) is 18.1 Å². The Morgan fingerprint density at radius 1 is 1.14 bits per heavy atom. The van der Waals surface area contributed by atoms with Crippen molar-refractivity contribution in [3.63, 3.8) is 0 Å². The number of thiazole rings is 1. The summed E-state index contributed by atoms with van der Waals surface area (Å²) in [5.41, 5.74) is 1.27. The molecule has 0 saturated carbocycles. The third-order valence-corrected chi connectivity index (χ3v) is 5.07. The lowest BCUT2D eigenvalue weighted by molar-refractivity contribution is -0.117. The molecule has 8 heteroatoms. The van der Waals surface area contributed by atoms with Crippen molar-refractivity contribution in [3.05, 3.63) is 75.8 Å². The number of carbonyl (C=O) groups is 1. The van der Waals surface area contributed by atoms with Gasteiger partial charge in [-0.3, -0.25) is 9.59 Å². The molecule has 4 rings (SSSR count). The third-order valence-electron chi connectivity index (χ3n) is 4.10. The van der Waals surface area contributed by atoms with Crippen LogP contribution in [0.1, 0.15) is 5.01 Å². The van der Waals surface area contributed by atoms with Crippen LogP contribution < -0.4 is 10.9 Å². The Bertz CT molecular complexity index is 1230. The van der Waals surface area contributed by atoms with Crippen LogP contribution in [-0.2, 0) is 11.3 Å². The van der Waals surface area contributed by atoms with Crippen LogP contribution in [0.3, 0.4) is 0 Å². The van der Waals surface area contributed by atoms with Crippen molar-refractivity contribution in [2.24, 2.45) is 0 Å². The molecule has 0 aliphatic carbocycles. The summed E-state index contributed by atoms with van der Waals surface area (Å²) in [6.45, 7) is 1.47. The molecule has 1 amide bonds. The van der Waals surface area contributed by atoms with Crippen LogP contribution in [0.2, 0.25) is 0 Å². The van der Waals surface area contributed by atoms with E-state index in [1.165, 1.54) is 29.5 Å². The van der Waals surface area contributed by atoms with Crippen molar-refractivity contribution in [2.45, 2.75) is 13.5 Å². The Labute approximate surface area is 163 Å². The molecule has 28 heavy (non-hydrogen) atoms. The second-order valence-electron chi connectivity index (χ2n) is 6.12. The van der Waals surface area contributed by atoms with Gasteiger partial charge in [-0.15, -0.1) is 11.3 Å². The van der Waals surface area contributed by atoms with Gasteiger partial charge in [-0.25, -0.2) is 14.1 Å². The van der Waals surface area contributed by atoms with Crippen LogP contribution >= 0.6 is 11.3 Å². The highest BCUT2D eigenvalue weighted by Gasteiger charge is 2.18. The molecule has 4 aromatic rings. The lowest BCUT2D eigenvalue weighted by atomic mass is 10.1. The number of hydrogen-bond donors (Lipinski definition) is 1. The zero-order valence-corrected chi connectivity index (χ0v) is 15.7. The average molecular weight is 394 g/mol. The molecule has 2 aromatic carbocycles. The van der Waals surface area contributed by atoms with E-state index in [0.717, 1.165) is 15.3 Å². The average Bonchev–Trinajstić information content (AvgIpc) is 3.08. The van der Waals surface area contributed by atoms with Crippen LogP contribution in [0.5, 0.6) is 0 Å². The van der Waals surface area contributed by atoms with E-state index in [9.17, 15) is 14.0 Å². The fraction of sp³-hybridized carbons (Fsp3) is 0.100. The molecule has 140 valence electrons. The molecule has 0 spiro atoms. The molecule has 0 radical (unpaired) electrons. The molecule has 0 fully saturated rings. The van der Waals surface area contributed by atoms with E-state index in [1.54, 1.807) is 6.07 Å². The zero-order chi connectivity index (χ0) is 19.7. The number of hydrogen-bond acceptors (Lipinski definition) is 5. The number of nitrogens with zero attached hydrogens (tertiary/aromatic N) is 3. The van der Waals surface area contributed by atoms with Gasteiger partial charge in [0.05, 0.1) is 15.4 Å². The standard InChI is InChI=1S/C20H15FN4O2S/c1-12-22-18-19(28-12)17(13-7-3-2-4-8-13)24-25(20(18)27)11-16(26)23-15-10-6-5-9-14(15)21/h2-10H,11H2,1H3,(H,23,26). The van der Waals surface area contributed by atoms with Crippen molar-refractivity contribution in [1.29, 1.82) is 0 Å². The van der Waals surface area contributed by atoms with Gasteiger partial charge < -0.3 is 5.32 Å². The van der Waals surface area contributed by atoms with Crippen LogP contribution in [0.4, 0.5) is 10.1 Å². The molecule has 0 saturated heterocycles. The molecule has 0 aliphatic rings. The van der Waals surface area contributed by atoms with Crippen molar-refractivity contribution in [2.75, 3.05) is 5.32 Å². The number of anilines is 1. The Morgan fingerprint density at radius 3 is 2.61 bits per heavy atom. The fourth-order valence-electron chi connectivity index (χ4n) is 2.85. The highest BCUT2D eigenvalue weighted by molar-refractivity contribution is 7.19. The minimum absolute atomic E-state index is 0.0504. The molecule has 0 unspecified atom stereocenters. The van der Waals surface area contributed by atoms with Crippen LogP contribution in [0.15, 0.2) is 59.4 Å². The quantitative estimate of drug-likeness (QED) is 0.574. The predicted molar refractivity (Wildman–Crippen MR) is 107 cm³/mol. The van der Waals surface area contributed by atoms with E-state index in [2.05, 4.69) is 15.4 Å². The lowest BCUT2D eigenvalue weighted by Gasteiger charge is -2.09. The maximum Gasteiger partial charge on any atom is 0.294 e. The first-order chi connectivity index (χ1) is 13.5. The topological polar surface area (TPSA) is 76.9 Å². The van der Waals surface area contributed by atoms with Gasteiger partial charge >= 0.3 is 0 Å². The smallest absolute Gasteiger partial charge is 0.294 e. The first-order valence-electron chi connectivity index (χ1n) is 8.51. The summed E-state index contributed by atoms with van der Waals surface area (Å²) in [7, 11) is 0. The number of benzene rings is 2. The largest absolute Gasteiger partial charge is 0.322 e. The Kier molecular flexibility index (Phi) is 4.70. The van der Waals surface area contributed by atoms with Gasteiger partial charge in [-0.1, -0.05) is 42.5 Å². The summed E-state index contributed by atoms with van der Waals surface area (Å²) in [6, 6.07) is 15.2. The summed E-state index contributed by atoms with van der Waals surface area (Å²) in [6.07, 6.45) is 0. The molecule has 0 bridgehead atoms. The van der Waals surface area contributed by atoms with Crippen molar-refractivity contribution >= 4 is 33.1 Å². The second-order valence-corrected chi connectivity index (χ2v) is 7.32. The minimum Gasteiger partial charge on any atom is -0.322 e. The van der Waals surface area contributed by atoms with Gasteiger partial charge in [0.25, 0.3) is 5.56 Å². The number of carbonyl (C=O) groups excluding carboxylic acids is 1. The SMILES string of the molecule is Cc1nc2c(=O)n(CC(=O)Nc3ccccc3F)nc(-c3ccccc3)c2s1. The number of aromatic nitrogens is 3. The maximum absolute atomic E-state index is 13.8. The van der Waals surface area contributed by atoms with Crippen molar-refractivity contribution in [1.82, 2.24) is 14.8 Å². The Hall–Kier alpha value is -3.39. The summed E-state index contributed by atoms with van der Waals surface area (Å²) in [4.78, 5) is 29.5. The number of amides is 1. The number of rotatable bonds is 4. The minimum atomic E-state index is -0.551. The van der Waals surface area contributed by atoms with Crippen LogP contribution in [-0.4, -0.2) is 20.7 Å². The number of nitrogens with one attached hydrogen (secondary N) is 1. The molecule has 1 N–H and O–H groups in total. The van der Waals surface area contributed by atoms with E-state index < -0.39 is 17.3 Å².